The summed E-state index contributed by atoms with van der Waals surface area (Å²) in [5.41, 5.74) is -0.00815. The van der Waals surface area contributed by atoms with E-state index in [1.165, 1.54) is 23.1 Å². The lowest BCUT2D eigenvalue weighted by Crippen LogP contribution is -2.59. The zero-order valence-electron chi connectivity index (χ0n) is 11.8. The minimum Gasteiger partial charge on any atom is -0.508 e. The Hall–Kier alpha value is -2.28. The molecule has 2 rings (SSSR count). The first-order valence-corrected chi connectivity index (χ1v) is 6.86. The molecule has 0 radical (unpaired) electrons. The van der Waals surface area contributed by atoms with Gasteiger partial charge in [-0.15, -0.1) is 0 Å². The van der Waals surface area contributed by atoms with Crippen molar-refractivity contribution in [3.63, 3.8) is 0 Å². The van der Waals surface area contributed by atoms with E-state index in [0.29, 0.717) is 26.2 Å². The van der Waals surface area contributed by atoms with E-state index in [2.05, 4.69) is 10.6 Å². The van der Waals surface area contributed by atoms with Crippen molar-refractivity contribution in [3.8, 4) is 11.5 Å². The van der Waals surface area contributed by atoms with Crippen LogP contribution in [-0.4, -0.2) is 59.1 Å². The van der Waals surface area contributed by atoms with E-state index in [1.54, 1.807) is 6.92 Å². The summed E-state index contributed by atoms with van der Waals surface area (Å²) in [5, 5.41) is 25.0. The first-order chi connectivity index (χ1) is 10.0. The predicted molar refractivity (Wildman–Crippen MR) is 76.1 cm³/mol. The Morgan fingerprint density at radius 2 is 2.19 bits per heavy atom. The number of benzene rings is 1. The third-order valence-corrected chi connectivity index (χ3v) is 3.37. The summed E-state index contributed by atoms with van der Waals surface area (Å²) in [6.45, 7) is 3.57. The number of hydrogen-bond donors (Lipinski definition) is 4. The van der Waals surface area contributed by atoms with Crippen molar-refractivity contribution >= 4 is 11.8 Å². The van der Waals surface area contributed by atoms with Crippen molar-refractivity contribution in [3.05, 3.63) is 23.8 Å². The van der Waals surface area contributed by atoms with Crippen LogP contribution in [0.15, 0.2) is 18.2 Å². The van der Waals surface area contributed by atoms with Gasteiger partial charge in [0, 0.05) is 26.2 Å². The maximum Gasteiger partial charge on any atom is 0.258 e. The Balaban J connectivity index is 2.26. The lowest BCUT2D eigenvalue weighted by Gasteiger charge is -2.35. The fraction of sp³-hybridized carbons (Fsp3) is 0.429. The van der Waals surface area contributed by atoms with Crippen LogP contribution in [0.25, 0.3) is 0 Å². The van der Waals surface area contributed by atoms with Gasteiger partial charge in [-0.25, -0.2) is 0 Å². The molecule has 4 N–H and O–H groups in total. The maximum atomic E-state index is 12.5. The molecule has 7 heteroatoms. The lowest BCUT2D eigenvalue weighted by atomic mass is 10.1. The number of aromatic hydroxyl groups is 2. The highest BCUT2D eigenvalue weighted by atomic mass is 16.3. The van der Waals surface area contributed by atoms with Crippen molar-refractivity contribution in [2.45, 2.75) is 13.0 Å². The van der Waals surface area contributed by atoms with Gasteiger partial charge in [-0.05, 0) is 25.1 Å². The van der Waals surface area contributed by atoms with Gasteiger partial charge >= 0.3 is 0 Å². The summed E-state index contributed by atoms with van der Waals surface area (Å²) in [7, 11) is 0. The Labute approximate surface area is 122 Å². The molecule has 1 atom stereocenters. The zero-order valence-corrected chi connectivity index (χ0v) is 11.8. The fourth-order valence-electron chi connectivity index (χ4n) is 2.32. The number of phenolic OH excluding ortho intramolecular Hbond substituents is 2. The van der Waals surface area contributed by atoms with E-state index >= 15 is 0 Å². The van der Waals surface area contributed by atoms with E-state index in [0.717, 1.165) is 0 Å². The normalized spacial score (nSPS) is 18.3. The first-order valence-electron chi connectivity index (χ1n) is 6.86. The molecule has 114 valence electrons. The largest absolute Gasteiger partial charge is 0.508 e. The van der Waals surface area contributed by atoms with Crippen molar-refractivity contribution in [2.75, 3.05) is 26.2 Å². The van der Waals surface area contributed by atoms with Crippen LogP contribution in [0.3, 0.4) is 0 Å². The lowest BCUT2D eigenvalue weighted by molar-refractivity contribution is -0.126. The molecule has 1 unspecified atom stereocenters. The van der Waals surface area contributed by atoms with Crippen LogP contribution in [0.5, 0.6) is 11.5 Å². The van der Waals surface area contributed by atoms with Gasteiger partial charge in [-0.1, -0.05) is 0 Å². The van der Waals surface area contributed by atoms with Gasteiger partial charge in [-0.2, -0.15) is 0 Å². The van der Waals surface area contributed by atoms with Crippen LogP contribution in [0.1, 0.15) is 17.3 Å². The number of amides is 2. The van der Waals surface area contributed by atoms with Crippen LogP contribution < -0.4 is 10.6 Å². The third kappa shape index (κ3) is 3.25. The summed E-state index contributed by atoms with van der Waals surface area (Å²) < 4.78 is 0. The highest BCUT2D eigenvalue weighted by Gasteiger charge is 2.33. The molecule has 1 aromatic rings. The van der Waals surface area contributed by atoms with E-state index in [4.69, 9.17) is 0 Å². The molecule has 1 aliphatic heterocycles. The second kappa shape index (κ2) is 6.45. The van der Waals surface area contributed by atoms with Gasteiger partial charge < -0.3 is 25.7 Å². The van der Waals surface area contributed by atoms with E-state index in [-0.39, 0.29) is 23.0 Å². The van der Waals surface area contributed by atoms with Crippen LogP contribution >= 0.6 is 0 Å². The highest BCUT2D eigenvalue weighted by molar-refractivity contribution is 6.00. The quantitative estimate of drug-likeness (QED) is 0.571. The predicted octanol–water partition coefficient (Wildman–Crippen LogP) is -0.352. The van der Waals surface area contributed by atoms with Crippen molar-refractivity contribution in [1.82, 2.24) is 15.5 Å². The molecule has 0 aromatic heterocycles. The molecule has 0 bridgehead atoms. The Morgan fingerprint density at radius 3 is 2.90 bits per heavy atom. The standard InChI is InChI=1S/C14H19N3O4/c1-2-16-13(20)11-8-15-5-6-17(11)14(21)10-7-9(18)3-4-12(10)19/h3-4,7,11,15,18-19H,2,5-6,8H2,1H3,(H,16,20). The number of carbonyl (C=O) groups is 2. The molecular weight excluding hydrogens is 274 g/mol. The molecule has 1 aliphatic rings. The Bertz CT molecular complexity index is 547. The molecule has 1 saturated heterocycles. The van der Waals surface area contributed by atoms with E-state index < -0.39 is 11.9 Å². The third-order valence-electron chi connectivity index (χ3n) is 3.37. The van der Waals surface area contributed by atoms with Crippen molar-refractivity contribution < 1.29 is 19.8 Å². The fourth-order valence-corrected chi connectivity index (χ4v) is 2.32. The molecule has 1 aromatic carbocycles. The monoisotopic (exact) mass is 293 g/mol. The first kappa shape index (κ1) is 15.1. The van der Waals surface area contributed by atoms with Gasteiger partial charge in [0.2, 0.25) is 5.91 Å². The van der Waals surface area contributed by atoms with Crippen molar-refractivity contribution in [1.29, 1.82) is 0 Å². The SMILES string of the molecule is CCNC(=O)C1CNCCN1C(=O)c1cc(O)ccc1O. The Kier molecular flexibility index (Phi) is 4.64. The number of piperazine rings is 1. The number of likely N-dealkylation sites (N-methyl/N-ethyl adjacent to an activating group) is 1. The number of carbonyl (C=O) groups excluding carboxylic acids is 2. The number of nitrogens with zero attached hydrogens (tertiary/aromatic N) is 1. The summed E-state index contributed by atoms with van der Waals surface area (Å²) in [6, 6.07) is 3.12. The number of hydrogen-bond acceptors (Lipinski definition) is 5. The molecule has 1 fully saturated rings. The van der Waals surface area contributed by atoms with Gasteiger partial charge in [0.1, 0.15) is 17.5 Å². The summed E-state index contributed by atoms with van der Waals surface area (Å²) in [4.78, 5) is 26.0. The van der Waals surface area contributed by atoms with E-state index in [1.807, 2.05) is 0 Å². The summed E-state index contributed by atoms with van der Waals surface area (Å²) in [5.74, 6) is -1.04. The molecular formula is C14H19N3O4. The van der Waals surface area contributed by atoms with Crippen LogP contribution in [0.2, 0.25) is 0 Å². The van der Waals surface area contributed by atoms with Crippen LogP contribution in [0, 0.1) is 0 Å². The molecule has 21 heavy (non-hydrogen) atoms. The molecule has 0 spiro atoms. The average Bonchev–Trinajstić information content (AvgIpc) is 2.49. The molecule has 7 nitrogen and oxygen atoms in total. The van der Waals surface area contributed by atoms with Gasteiger partial charge in [0.25, 0.3) is 5.91 Å². The topological polar surface area (TPSA) is 102 Å². The number of nitrogens with one attached hydrogen (secondary N) is 2. The van der Waals surface area contributed by atoms with E-state index in [9.17, 15) is 19.8 Å². The van der Waals surface area contributed by atoms with Gasteiger partial charge in [0.15, 0.2) is 0 Å². The molecule has 1 heterocycles. The average molecular weight is 293 g/mol. The molecule has 2 amide bonds. The number of rotatable bonds is 3. The smallest absolute Gasteiger partial charge is 0.258 e. The van der Waals surface area contributed by atoms with Crippen LogP contribution in [0.4, 0.5) is 0 Å². The molecule has 0 saturated carbocycles. The van der Waals surface area contributed by atoms with Crippen LogP contribution in [-0.2, 0) is 4.79 Å². The highest BCUT2D eigenvalue weighted by Crippen LogP contribution is 2.24. The minimum atomic E-state index is -0.632. The Morgan fingerprint density at radius 1 is 1.43 bits per heavy atom. The summed E-state index contributed by atoms with van der Waals surface area (Å²) in [6.07, 6.45) is 0. The molecule has 0 aliphatic carbocycles. The minimum absolute atomic E-state index is 0.00815. The van der Waals surface area contributed by atoms with Gasteiger partial charge in [-0.3, -0.25) is 9.59 Å². The maximum absolute atomic E-state index is 12.5. The summed E-state index contributed by atoms with van der Waals surface area (Å²) >= 11 is 0. The van der Waals surface area contributed by atoms with Gasteiger partial charge in [0.05, 0.1) is 5.56 Å². The second-order valence-electron chi connectivity index (χ2n) is 4.81. The zero-order chi connectivity index (χ0) is 15.4. The second-order valence-corrected chi connectivity index (χ2v) is 4.81. The number of phenols is 2. The van der Waals surface area contributed by atoms with Crippen molar-refractivity contribution in [2.24, 2.45) is 0 Å².